The summed E-state index contributed by atoms with van der Waals surface area (Å²) < 4.78 is 22.7. The molecule has 336 valence electrons. The lowest BCUT2D eigenvalue weighted by Crippen LogP contribution is -2.56. The Morgan fingerprint density at radius 3 is 1.35 bits per heavy atom. The van der Waals surface area contributed by atoms with E-state index >= 15 is 0 Å². The number of carbonyl (C=O) groups excluding carboxylic acids is 5. The van der Waals surface area contributed by atoms with Gasteiger partial charge in [-0.3, -0.25) is 34.8 Å². The Morgan fingerprint density at radius 2 is 1.00 bits per heavy atom. The van der Waals surface area contributed by atoms with E-state index in [0.717, 1.165) is 22.3 Å². The second-order valence-corrected chi connectivity index (χ2v) is 17.7. The second-order valence-electron chi connectivity index (χ2n) is 17.7. The number of hydrazine groups is 2. The van der Waals surface area contributed by atoms with E-state index in [0.29, 0.717) is 62.7 Å². The van der Waals surface area contributed by atoms with Crippen LogP contribution < -0.4 is 29.8 Å². The van der Waals surface area contributed by atoms with Gasteiger partial charge in [-0.15, -0.1) is 0 Å². The standard InChI is InChI=1S/C24H29N3O5.C24H28N2O5.H2/c1-14-9-15(2)11-17(10-14)23(29)27(24(4,5)6)26-22(28)19-7-8-20-21(16(19)3)32-18(12-25-30)13-31-20;1-14-9-15(2)11-17(10-14)23(29)26(24(4,5)6)25-22(28)19-7-8-20-21(16(19)3)31-18(12-27)13-30-20;/h7-12,18,30H,13H2,1-6H3,(H,26,28);7-12,18H,13H2,1-6H3,(H,25,28);1H/t2*18-;/m00./s1/i;;1+1. The summed E-state index contributed by atoms with van der Waals surface area (Å²) >= 11 is 0. The zero-order valence-corrected chi connectivity index (χ0v) is 38.0. The smallest absolute Gasteiger partial charge is 0.272 e. The number of hydrogen-bond donors (Lipinski definition) is 3. The van der Waals surface area contributed by atoms with Gasteiger partial charge in [-0.1, -0.05) is 39.5 Å². The molecule has 3 N–H and O–H groups in total. The summed E-state index contributed by atoms with van der Waals surface area (Å²) in [7, 11) is 0. The number of hydrogen-bond acceptors (Lipinski definition) is 11. The summed E-state index contributed by atoms with van der Waals surface area (Å²) in [5.74, 6) is 0.239. The molecule has 2 atom stereocenters. The first-order valence-electron chi connectivity index (χ1n) is 20.5. The highest BCUT2D eigenvalue weighted by molar-refractivity contribution is 6.02. The summed E-state index contributed by atoms with van der Waals surface area (Å²) in [4.78, 5) is 64.1. The van der Waals surface area contributed by atoms with Crippen LogP contribution in [0.3, 0.4) is 0 Å². The maximum absolute atomic E-state index is 13.3. The van der Waals surface area contributed by atoms with Crippen molar-refractivity contribution in [3.63, 3.8) is 0 Å². The average molecular weight is 867 g/mol. The summed E-state index contributed by atoms with van der Waals surface area (Å²) in [5.41, 5.74) is 10.8. The van der Waals surface area contributed by atoms with Crippen molar-refractivity contribution in [2.45, 2.75) is 106 Å². The van der Waals surface area contributed by atoms with Crippen LogP contribution in [-0.2, 0) is 4.79 Å². The van der Waals surface area contributed by atoms with E-state index in [1.807, 2.05) is 81.4 Å². The molecule has 0 aromatic heterocycles. The number of oxime groups is 1. The van der Waals surface area contributed by atoms with E-state index in [1.165, 1.54) is 16.2 Å². The van der Waals surface area contributed by atoms with Crippen LogP contribution in [0, 0.1) is 41.5 Å². The summed E-state index contributed by atoms with van der Waals surface area (Å²) in [5, 5.41) is 14.4. The van der Waals surface area contributed by atoms with Crippen LogP contribution >= 0.6 is 0 Å². The summed E-state index contributed by atoms with van der Waals surface area (Å²) in [6, 6.07) is 17.7. The first-order valence-corrected chi connectivity index (χ1v) is 20.5. The monoisotopic (exact) mass is 866 g/mol. The third kappa shape index (κ3) is 11.1. The Morgan fingerprint density at radius 1 is 0.635 bits per heavy atom. The largest absolute Gasteiger partial charge is 0.485 e. The minimum atomic E-state index is -0.721. The summed E-state index contributed by atoms with van der Waals surface area (Å²) in [6.45, 7) is 22.6. The Hall–Kier alpha value is -6.90. The lowest BCUT2D eigenvalue weighted by Gasteiger charge is -2.36. The van der Waals surface area contributed by atoms with Crippen LogP contribution in [0.15, 0.2) is 65.8 Å². The molecule has 0 saturated heterocycles. The van der Waals surface area contributed by atoms with E-state index < -0.39 is 35.1 Å². The quantitative estimate of drug-likeness (QED) is 0.0756. The number of ether oxygens (including phenoxy) is 4. The van der Waals surface area contributed by atoms with Crippen molar-refractivity contribution in [3.8, 4) is 23.0 Å². The third-order valence-electron chi connectivity index (χ3n) is 10.1. The third-order valence-corrected chi connectivity index (χ3v) is 10.1. The maximum atomic E-state index is 13.3. The molecule has 0 bridgehead atoms. The molecule has 0 radical (unpaired) electrons. The van der Waals surface area contributed by atoms with Gasteiger partial charge in [0.25, 0.3) is 23.6 Å². The molecule has 0 spiro atoms. The van der Waals surface area contributed by atoms with Crippen molar-refractivity contribution in [1.82, 2.24) is 20.9 Å². The van der Waals surface area contributed by atoms with E-state index in [9.17, 15) is 24.0 Å². The van der Waals surface area contributed by atoms with Crippen LogP contribution in [0.2, 0.25) is 0 Å². The molecule has 4 aromatic carbocycles. The average Bonchev–Trinajstić information content (AvgIpc) is 3.20. The molecule has 4 amide bonds. The van der Waals surface area contributed by atoms with Crippen molar-refractivity contribution >= 4 is 36.1 Å². The van der Waals surface area contributed by atoms with Gasteiger partial charge in [0, 0.05) is 34.8 Å². The van der Waals surface area contributed by atoms with E-state index in [4.69, 9.17) is 24.2 Å². The molecule has 2 aliphatic heterocycles. The molecule has 0 saturated carbocycles. The first kappa shape index (κ1) is 47.2. The fourth-order valence-electron chi connectivity index (χ4n) is 7.10. The molecule has 2 heterocycles. The predicted molar refractivity (Wildman–Crippen MR) is 239 cm³/mol. The van der Waals surface area contributed by atoms with Crippen molar-refractivity contribution in [2.24, 2.45) is 5.16 Å². The molecule has 0 aliphatic carbocycles. The van der Waals surface area contributed by atoms with Gasteiger partial charge < -0.3 is 24.2 Å². The molecule has 15 nitrogen and oxygen atoms in total. The first-order chi connectivity index (χ1) is 29.5. The predicted octanol–water partition coefficient (Wildman–Crippen LogP) is 7.58. The SMILES string of the molecule is Cc1cc(C)cc(C(=O)N(NC(=O)c2ccc3c(c2C)O[C@@H](C=NO)CO3)C(C)(C)C)c1.Cc1cc(C)cc(C(=O)N(NC(=O)c2ccc3c(c2C)O[C@@H](C=O)CO3)C(C)(C)C)c1.[2HH]. The van der Waals surface area contributed by atoms with Crippen LogP contribution in [0.4, 0.5) is 0 Å². The number of aryl methyl sites for hydroxylation is 4. The topological polar surface area (TPSA) is 185 Å². The zero-order valence-electron chi connectivity index (χ0n) is 38.0. The normalized spacial score (nSPS) is 15.4. The van der Waals surface area contributed by atoms with Gasteiger partial charge >= 0.3 is 0 Å². The lowest BCUT2D eigenvalue weighted by atomic mass is 10.0. The number of fused-ring (bicyclic) bond motifs is 2. The number of benzene rings is 4. The van der Waals surface area contributed by atoms with E-state index in [2.05, 4.69) is 16.0 Å². The van der Waals surface area contributed by atoms with Crippen LogP contribution in [0.25, 0.3) is 0 Å². The Bertz CT molecular complexity index is 2420. The number of nitrogens with zero attached hydrogens (tertiary/aromatic N) is 3. The highest BCUT2D eigenvalue weighted by atomic mass is 16.6. The Labute approximate surface area is 369 Å². The number of aldehydes is 1. The number of amides is 4. The molecule has 4 aromatic rings. The zero-order chi connectivity index (χ0) is 46.6. The van der Waals surface area contributed by atoms with Crippen molar-refractivity contribution in [2.75, 3.05) is 13.2 Å². The van der Waals surface area contributed by atoms with Gasteiger partial charge in [0.05, 0.1) is 17.3 Å². The maximum Gasteiger partial charge on any atom is 0.272 e. The van der Waals surface area contributed by atoms with Gasteiger partial charge in [0.15, 0.2) is 41.5 Å². The Balaban J connectivity index is 0.000000276. The minimum absolute atomic E-state index is 0. The van der Waals surface area contributed by atoms with Gasteiger partial charge in [0.2, 0.25) is 0 Å². The van der Waals surface area contributed by atoms with E-state index in [-0.39, 0.29) is 26.5 Å². The van der Waals surface area contributed by atoms with E-state index in [1.54, 1.807) is 62.4 Å². The number of rotatable bonds is 6. The van der Waals surface area contributed by atoms with Crippen LogP contribution in [0.1, 0.15) is 118 Å². The molecule has 15 heteroatoms. The summed E-state index contributed by atoms with van der Waals surface area (Å²) in [6.07, 6.45) is 0.598. The molecular weight excluding hydrogens is 807 g/mol. The number of nitrogens with one attached hydrogen (secondary N) is 2. The van der Waals surface area contributed by atoms with Gasteiger partial charge in [-0.05, 0) is 132 Å². The highest BCUT2D eigenvalue weighted by Crippen LogP contribution is 2.38. The molecule has 0 fully saturated rings. The number of carbonyl (C=O) groups is 5. The van der Waals surface area contributed by atoms with Gasteiger partial charge in [0.1, 0.15) is 13.2 Å². The fraction of sp³-hybridized carbons (Fsp3) is 0.375. The second kappa shape index (κ2) is 19.0. The lowest BCUT2D eigenvalue weighted by molar-refractivity contribution is -0.115. The van der Waals surface area contributed by atoms with Gasteiger partial charge in [-0.2, -0.15) is 0 Å². The van der Waals surface area contributed by atoms with Crippen LogP contribution in [0.5, 0.6) is 23.0 Å². The molecular formula is C48H59N5O10. The van der Waals surface area contributed by atoms with Crippen LogP contribution in [-0.4, -0.2) is 87.9 Å². The minimum Gasteiger partial charge on any atom is -0.485 e. The van der Waals surface area contributed by atoms with Crippen molar-refractivity contribution in [1.29, 1.82) is 0 Å². The molecule has 6 rings (SSSR count). The molecule has 2 aliphatic rings. The van der Waals surface area contributed by atoms with Crippen molar-refractivity contribution < 1.29 is 49.6 Å². The van der Waals surface area contributed by atoms with Gasteiger partial charge in [-0.25, -0.2) is 10.0 Å². The van der Waals surface area contributed by atoms with Crippen molar-refractivity contribution in [3.05, 3.63) is 116 Å². The fourth-order valence-corrected chi connectivity index (χ4v) is 7.10. The Kier molecular flexibility index (Phi) is 14.2. The molecule has 0 unspecified atom stereocenters. The highest BCUT2D eigenvalue weighted by Gasteiger charge is 2.33. The molecule has 63 heavy (non-hydrogen) atoms.